The lowest BCUT2D eigenvalue weighted by molar-refractivity contribution is -0.385. The molecule has 126 valence electrons. The van der Waals surface area contributed by atoms with Gasteiger partial charge in [0, 0.05) is 23.5 Å². The summed E-state index contributed by atoms with van der Waals surface area (Å²) in [6, 6.07) is 7.17. The Kier molecular flexibility index (Phi) is 4.44. The Labute approximate surface area is 147 Å². The molecule has 3 aromatic rings. The Morgan fingerprint density at radius 1 is 1.28 bits per heavy atom. The summed E-state index contributed by atoms with van der Waals surface area (Å²) >= 11 is 5.84. The van der Waals surface area contributed by atoms with E-state index in [9.17, 15) is 14.9 Å². The van der Waals surface area contributed by atoms with Crippen molar-refractivity contribution in [1.82, 2.24) is 14.5 Å². The number of benzene rings is 1. The Morgan fingerprint density at radius 3 is 2.68 bits per heavy atom. The van der Waals surface area contributed by atoms with Gasteiger partial charge in [0.05, 0.1) is 16.8 Å². The van der Waals surface area contributed by atoms with E-state index in [1.807, 2.05) is 6.92 Å². The predicted molar refractivity (Wildman–Crippen MR) is 92.2 cm³/mol. The number of anilines is 1. The van der Waals surface area contributed by atoms with Crippen LogP contribution in [-0.4, -0.2) is 25.4 Å². The van der Waals surface area contributed by atoms with Gasteiger partial charge in [-0.05, 0) is 31.2 Å². The fraction of sp³-hybridized carbons (Fsp3) is 0.0625. The van der Waals surface area contributed by atoms with E-state index >= 15 is 0 Å². The Morgan fingerprint density at radius 2 is 2.08 bits per heavy atom. The normalized spacial score (nSPS) is 10.5. The highest BCUT2D eigenvalue weighted by Gasteiger charge is 2.20. The minimum Gasteiger partial charge on any atom is -0.320 e. The number of aromatic nitrogens is 3. The molecule has 9 heteroatoms. The smallest absolute Gasteiger partial charge is 0.282 e. The molecule has 8 nitrogen and oxygen atoms in total. The monoisotopic (exact) mass is 357 g/mol. The van der Waals surface area contributed by atoms with Gasteiger partial charge >= 0.3 is 0 Å². The lowest BCUT2D eigenvalue weighted by Gasteiger charge is -2.08. The lowest BCUT2D eigenvalue weighted by Crippen LogP contribution is -2.14. The molecule has 1 amide bonds. The highest BCUT2D eigenvalue weighted by Crippen LogP contribution is 2.24. The standard InChI is InChI=1S/C16H12ClN5O3/c1-10-18-6-7-21(10)15-5-3-12(9-19-15)20-16(23)13-8-11(17)2-4-14(13)22(24)25/h2-9H,1H3,(H,20,23). The number of hydrogen-bond donors (Lipinski definition) is 1. The van der Waals surface area contributed by atoms with E-state index in [1.165, 1.54) is 24.4 Å². The molecule has 0 saturated carbocycles. The van der Waals surface area contributed by atoms with E-state index in [-0.39, 0.29) is 16.3 Å². The van der Waals surface area contributed by atoms with Gasteiger partial charge in [0.1, 0.15) is 17.2 Å². The van der Waals surface area contributed by atoms with E-state index in [2.05, 4.69) is 15.3 Å². The molecule has 25 heavy (non-hydrogen) atoms. The van der Waals surface area contributed by atoms with Gasteiger partial charge in [0.25, 0.3) is 11.6 Å². The van der Waals surface area contributed by atoms with E-state index in [4.69, 9.17) is 11.6 Å². The number of nitro groups is 1. The minimum atomic E-state index is -0.637. The molecule has 2 heterocycles. The molecule has 3 rings (SSSR count). The Hall–Kier alpha value is -3.26. The summed E-state index contributed by atoms with van der Waals surface area (Å²) in [5.41, 5.74) is -0.0339. The first-order chi connectivity index (χ1) is 12.0. The number of nitrogens with one attached hydrogen (secondary N) is 1. The number of nitrogens with zero attached hydrogens (tertiary/aromatic N) is 4. The summed E-state index contributed by atoms with van der Waals surface area (Å²) in [5, 5.41) is 13.9. The molecule has 0 spiro atoms. The van der Waals surface area contributed by atoms with Gasteiger partial charge in [-0.25, -0.2) is 9.97 Å². The second-order valence-electron chi connectivity index (χ2n) is 5.12. The van der Waals surface area contributed by atoms with E-state index in [0.29, 0.717) is 11.5 Å². The van der Waals surface area contributed by atoms with Crippen LogP contribution >= 0.6 is 11.6 Å². The maximum Gasteiger partial charge on any atom is 0.282 e. The van der Waals surface area contributed by atoms with Gasteiger partial charge < -0.3 is 5.32 Å². The van der Waals surface area contributed by atoms with Crippen LogP contribution in [0.15, 0.2) is 48.9 Å². The number of pyridine rings is 1. The highest BCUT2D eigenvalue weighted by atomic mass is 35.5. The summed E-state index contributed by atoms with van der Waals surface area (Å²) in [4.78, 5) is 31.1. The first-order valence-corrected chi connectivity index (χ1v) is 7.55. The maximum atomic E-state index is 12.3. The van der Waals surface area contributed by atoms with Crippen LogP contribution in [0.25, 0.3) is 5.82 Å². The molecule has 0 aliphatic carbocycles. The zero-order valence-corrected chi connectivity index (χ0v) is 13.8. The van der Waals surface area contributed by atoms with E-state index < -0.39 is 10.8 Å². The second-order valence-corrected chi connectivity index (χ2v) is 5.56. The van der Waals surface area contributed by atoms with Gasteiger partial charge in [-0.1, -0.05) is 11.6 Å². The van der Waals surface area contributed by atoms with Gasteiger partial charge in [-0.3, -0.25) is 19.5 Å². The average Bonchev–Trinajstić information content (AvgIpc) is 3.01. The van der Waals surface area contributed by atoms with Crippen molar-refractivity contribution >= 4 is 28.9 Å². The van der Waals surface area contributed by atoms with Crippen molar-refractivity contribution in [2.24, 2.45) is 0 Å². The van der Waals surface area contributed by atoms with Gasteiger partial charge in [0.2, 0.25) is 0 Å². The molecular weight excluding hydrogens is 346 g/mol. The maximum absolute atomic E-state index is 12.3. The summed E-state index contributed by atoms with van der Waals surface area (Å²) < 4.78 is 1.79. The molecule has 0 atom stereocenters. The van der Waals surface area contributed by atoms with Crippen LogP contribution in [0.2, 0.25) is 5.02 Å². The van der Waals surface area contributed by atoms with Crippen LogP contribution in [-0.2, 0) is 0 Å². The topological polar surface area (TPSA) is 103 Å². The van der Waals surface area contributed by atoms with Gasteiger partial charge in [-0.15, -0.1) is 0 Å². The molecule has 0 unspecified atom stereocenters. The molecular formula is C16H12ClN5O3. The lowest BCUT2D eigenvalue weighted by atomic mass is 10.1. The molecule has 0 aliphatic rings. The number of carbonyl (C=O) groups excluding carboxylic acids is 1. The summed E-state index contributed by atoms with van der Waals surface area (Å²) in [5.74, 6) is 0.781. The SMILES string of the molecule is Cc1nccn1-c1ccc(NC(=O)c2cc(Cl)ccc2[N+](=O)[O-])cn1. The molecule has 1 aromatic carbocycles. The van der Waals surface area contributed by atoms with Crippen LogP contribution in [0, 0.1) is 17.0 Å². The average molecular weight is 358 g/mol. The van der Waals surface area contributed by atoms with Crippen molar-refractivity contribution in [3.8, 4) is 5.82 Å². The van der Waals surface area contributed by atoms with Crippen LogP contribution in [0.3, 0.4) is 0 Å². The first-order valence-electron chi connectivity index (χ1n) is 7.17. The quantitative estimate of drug-likeness (QED) is 0.569. The van der Waals surface area contributed by atoms with Crippen molar-refractivity contribution in [2.45, 2.75) is 6.92 Å². The van der Waals surface area contributed by atoms with Crippen molar-refractivity contribution in [3.05, 3.63) is 75.4 Å². The number of amides is 1. The zero-order chi connectivity index (χ0) is 18.0. The van der Waals surface area contributed by atoms with Crippen LogP contribution in [0.5, 0.6) is 0 Å². The van der Waals surface area contributed by atoms with Crippen molar-refractivity contribution in [3.63, 3.8) is 0 Å². The third-order valence-corrected chi connectivity index (χ3v) is 3.71. The second kappa shape index (κ2) is 6.70. The van der Waals surface area contributed by atoms with Gasteiger partial charge in [-0.2, -0.15) is 0 Å². The number of aryl methyl sites for hydroxylation is 1. The summed E-state index contributed by atoms with van der Waals surface area (Å²) in [6.45, 7) is 1.84. The number of nitro benzene ring substituents is 1. The molecule has 0 bridgehead atoms. The Balaban J connectivity index is 1.83. The molecule has 0 aliphatic heterocycles. The zero-order valence-electron chi connectivity index (χ0n) is 13.0. The molecule has 0 saturated heterocycles. The third-order valence-electron chi connectivity index (χ3n) is 3.48. The number of rotatable bonds is 4. The first kappa shape index (κ1) is 16.6. The number of halogens is 1. The van der Waals surface area contributed by atoms with Crippen LogP contribution < -0.4 is 5.32 Å². The molecule has 1 N–H and O–H groups in total. The fourth-order valence-electron chi connectivity index (χ4n) is 2.27. The van der Waals surface area contributed by atoms with Crippen molar-refractivity contribution in [2.75, 3.05) is 5.32 Å². The van der Waals surface area contributed by atoms with Gasteiger partial charge in [0.15, 0.2) is 0 Å². The highest BCUT2D eigenvalue weighted by molar-refractivity contribution is 6.31. The predicted octanol–water partition coefficient (Wildman–Crippen LogP) is 3.39. The number of hydrogen-bond acceptors (Lipinski definition) is 5. The van der Waals surface area contributed by atoms with Crippen LogP contribution in [0.1, 0.15) is 16.2 Å². The number of carbonyl (C=O) groups is 1. The summed E-state index contributed by atoms with van der Waals surface area (Å²) in [6.07, 6.45) is 4.89. The number of imidazole rings is 1. The molecule has 0 radical (unpaired) electrons. The van der Waals surface area contributed by atoms with Crippen molar-refractivity contribution < 1.29 is 9.72 Å². The Bertz CT molecular complexity index is 953. The molecule has 2 aromatic heterocycles. The largest absolute Gasteiger partial charge is 0.320 e. The van der Waals surface area contributed by atoms with E-state index in [0.717, 1.165) is 5.82 Å². The fourth-order valence-corrected chi connectivity index (χ4v) is 2.44. The molecule has 0 fully saturated rings. The van der Waals surface area contributed by atoms with E-state index in [1.54, 1.807) is 29.1 Å². The van der Waals surface area contributed by atoms with Crippen molar-refractivity contribution in [1.29, 1.82) is 0 Å². The van der Waals surface area contributed by atoms with Crippen LogP contribution in [0.4, 0.5) is 11.4 Å². The summed E-state index contributed by atoms with van der Waals surface area (Å²) in [7, 11) is 0. The third kappa shape index (κ3) is 3.48. The minimum absolute atomic E-state index is 0.118.